The van der Waals surface area contributed by atoms with Gasteiger partial charge in [0.1, 0.15) is 5.69 Å². The summed E-state index contributed by atoms with van der Waals surface area (Å²) in [5, 5.41) is 14.3. The lowest BCUT2D eigenvalue weighted by atomic mass is 10.2. The number of carbonyl (C=O) groups is 2. The lowest BCUT2D eigenvalue weighted by Crippen LogP contribution is -2.15. The third-order valence-corrected chi connectivity index (χ3v) is 5.22. The van der Waals surface area contributed by atoms with Crippen molar-refractivity contribution in [3.63, 3.8) is 0 Å². The minimum Gasteiger partial charge on any atom is -0.462 e. The Hall–Kier alpha value is -3.40. The highest BCUT2D eigenvalue weighted by atomic mass is 32.2. The number of nitrogens with zero attached hydrogens (tertiary/aromatic N) is 3. The molecule has 0 saturated heterocycles. The predicted molar refractivity (Wildman–Crippen MR) is 114 cm³/mol. The molecule has 0 atom stereocenters. The van der Waals surface area contributed by atoms with Crippen molar-refractivity contribution >= 4 is 46.0 Å². The third-order valence-electron chi connectivity index (χ3n) is 4.25. The summed E-state index contributed by atoms with van der Waals surface area (Å²) in [5.41, 5.74) is 1.87. The van der Waals surface area contributed by atoms with Crippen LogP contribution in [0.25, 0.3) is 11.0 Å². The molecule has 156 valence electrons. The van der Waals surface area contributed by atoms with Gasteiger partial charge in [-0.3, -0.25) is 14.9 Å². The molecule has 30 heavy (non-hydrogen) atoms. The molecule has 0 fully saturated rings. The number of thioether (sulfide) groups is 1. The number of benzene rings is 2. The highest BCUT2D eigenvalue weighted by molar-refractivity contribution is 7.99. The molecule has 0 bridgehead atoms. The lowest BCUT2D eigenvalue weighted by Gasteiger charge is -2.07. The number of esters is 1. The Morgan fingerprint density at radius 2 is 2.00 bits per heavy atom. The molecule has 10 heteroatoms. The van der Waals surface area contributed by atoms with Gasteiger partial charge >= 0.3 is 5.97 Å². The maximum Gasteiger partial charge on any atom is 0.338 e. The minimum absolute atomic E-state index is 0.0279. The fourth-order valence-corrected chi connectivity index (χ4v) is 3.80. The van der Waals surface area contributed by atoms with Crippen molar-refractivity contribution in [2.45, 2.75) is 25.5 Å². The molecule has 3 rings (SSSR count). The molecule has 1 aromatic heterocycles. The van der Waals surface area contributed by atoms with Crippen LogP contribution in [-0.4, -0.2) is 38.7 Å². The van der Waals surface area contributed by atoms with E-state index in [1.807, 2.05) is 11.5 Å². The second kappa shape index (κ2) is 9.40. The van der Waals surface area contributed by atoms with Crippen LogP contribution in [0.3, 0.4) is 0 Å². The Morgan fingerprint density at radius 3 is 2.70 bits per heavy atom. The molecule has 9 nitrogen and oxygen atoms in total. The van der Waals surface area contributed by atoms with Gasteiger partial charge in [-0.05, 0) is 38.1 Å². The van der Waals surface area contributed by atoms with Crippen LogP contribution in [0.1, 0.15) is 24.2 Å². The van der Waals surface area contributed by atoms with Crippen molar-refractivity contribution < 1.29 is 19.2 Å². The zero-order valence-electron chi connectivity index (χ0n) is 16.5. The van der Waals surface area contributed by atoms with Gasteiger partial charge in [-0.2, -0.15) is 0 Å². The van der Waals surface area contributed by atoms with Crippen molar-refractivity contribution in [2.75, 3.05) is 17.7 Å². The van der Waals surface area contributed by atoms with Crippen molar-refractivity contribution in [1.29, 1.82) is 0 Å². The largest absolute Gasteiger partial charge is 0.462 e. The van der Waals surface area contributed by atoms with Gasteiger partial charge < -0.3 is 14.6 Å². The Morgan fingerprint density at radius 1 is 1.23 bits per heavy atom. The van der Waals surface area contributed by atoms with Crippen LogP contribution >= 0.6 is 11.8 Å². The summed E-state index contributed by atoms with van der Waals surface area (Å²) in [6.07, 6.45) is 0. The lowest BCUT2D eigenvalue weighted by molar-refractivity contribution is -0.383. The molecule has 3 aromatic rings. The molecule has 0 unspecified atom stereocenters. The second-order valence-corrected chi connectivity index (χ2v) is 7.12. The van der Waals surface area contributed by atoms with E-state index in [1.54, 1.807) is 31.2 Å². The highest BCUT2D eigenvalue weighted by Crippen LogP contribution is 2.27. The maximum atomic E-state index is 12.3. The molecular weight excluding hydrogens is 408 g/mol. The molecular formula is C20H20N4O5S. The molecule has 0 aliphatic heterocycles. The van der Waals surface area contributed by atoms with Gasteiger partial charge in [0.15, 0.2) is 5.16 Å². The Bertz CT molecular complexity index is 1110. The molecule has 1 heterocycles. The number of imidazole rings is 1. The predicted octanol–water partition coefficient (Wildman–Crippen LogP) is 3.87. The monoisotopic (exact) mass is 428 g/mol. The molecule has 1 N–H and O–H groups in total. The first-order chi connectivity index (χ1) is 14.4. The number of nitro benzene ring substituents is 1. The normalized spacial score (nSPS) is 10.7. The minimum atomic E-state index is -0.541. The van der Waals surface area contributed by atoms with Crippen molar-refractivity contribution in [1.82, 2.24) is 9.55 Å². The van der Waals surface area contributed by atoms with Gasteiger partial charge in [0.25, 0.3) is 5.69 Å². The van der Waals surface area contributed by atoms with E-state index < -0.39 is 10.9 Å². The first kappa shape index (κ1) is 21.3. The van der Waals surface area contributed by atoms with Crippen LogP contribution in [0.2, 0.25) is 0 Å². The summed E-state index contributed by atoms with van der Waals surface area (Å²) in [4.78, 5) is 39.4. The van der Waals surface area contributed by atoms with E-state index in [2.05, 4.69) is 10.3 Å². The van der Waals surface area contributed by atoms with Crippen LogP contribution in [0.4, 0.5) is 11.4 Å². The van der Waals surface area contributed by atoms with Crippen LogP contribution in [-0.2, 0) is 16.1 Å². The fraction of sp³-hybridized carbons (Fsp3) is 0.250. The topological polar surface area (TPSA) is 116 Å². The first-order valence-electron chi connectivity index (χ1n) is 9.28. The van der Waals surface area contributed by atoms with Crippen LogP contribution in [0.5, 0.6) is 0 Å². The van der Waals surface area contributed by atoms with Crippen LogP contribution in [0, 0.1) is 10.1 Å². The van der Waals surface area contributed by atoms with E-state index in [9.17, 15) is 19.7 Å². The van der Waals surface area contributed by atoms with Gasteiger partial charge in [-0.15, -0.1) is 0 Å². The molecule has 0 radical (unpaired) electrons. The summed E-state index contributed by atoms with van der Waals surface area (Å²) in [7, 11) is 0. The Kier molecular flexibility index (Phi) is 6.68. The number of aryl methyl sites for hydroxylation is 1. The average molecular weight is 428 g/mol. The summed E-state index contributed by atoms with van der Waals surface area (Å²) in [6.45, 7) is 4.61. The zero-order chi connectivity index (χ0) is 21.7. The number of nitrogens with one attached hydrogen (secondary N) is 1. The van der Waals surface area contributed by atoms with Crippen molar-refractivity contribution in [3.05, 3.63) is 58.1 Å². The number of anilines is 1. The Labute approximate surface area is 176 Å². The molecule has 0 aliphatic rings. The summed E-state index contributed by atoms with van der Waals surface area (Å²) < 4.78 is 6.96. The van der Waals surface area contributed by atoms with Crippen molar-refractivity contribution in [2.24, 2.45) is 0 Å². The number of amides is 1. The highest BCUT2D eigenvalue weighted by Gasteiger charge is 2.17. The number of hydrogen-bond donors (Lipinski definition) is 1. The Balaban J connectivity index is 1.76. The molecule has 0 saturated carbocycles. The number of nitro groups is 1. The number of aromatic nitrogens is 2. The number of carbonyl (C=O) groups excluding carboxylic acids is 2. The SMILES string of the molecule is CCOC(=O)c1ccc2c(c1)nc(SCC(=O)Nc1ccccc1[N+](=O)[O-])n2CC. The molecule has 2 aromatic carbocycles. The smallest absolute Gasteiger partial charge is 0.338 e. The van der Waals surface area contributed by atoms with Crippen LogP contribution < -0.4 is 5.32 Å². The van der Waals surface area contributed by atoms with E-state index >= 15 is 0 Å². The van der Waals surface area contributed by atoms with Crippen molar-refractivity contribution in [3.8, 4) is 0 Å². The maximum absolute atomic E-state index is 12.3. The van der Waals surface area contributed by atoms with Gasteiger partial charge in [0.05, 0.1) is 33.9 Å². The summed E-state index contributed by atoms with van der Waals surface area (Å²) in [6, 6.07) is 11.1. The van der Waals surface area contributed by atoms with Gasteiger partial charge in [-0.25, -0.2) is 9.78 Å². The molecule has 0 aliphatic carbocycles. The third kappa shape index (κ3) is 4.60. The van der Waals surface area contributed by atoms with E-state index in [0.29, 0.717) is 22.8 Å². The van der Waals surface area contributed by atoms with E-state index in [0.717, 1.165) is 5.52 Å². The summed E-state index contributed by atoms with van der Waals surface area (Å²) in [5.74, 6) is -0.764. The zero-order valence-corrected chi connectivity index (χ0v) is 17.3. The van der Waals surface area contributed by atoms with Gasteiger partial charge in [0, 0.05) is 12.6 Å². The fourth-order valence-electron chi connectivity index (χ4n) is 2.92. The number of ether oxygens (including phenoxy) is 1. The van der Waals surface area contributed by atoms with Gasteiger partial charge in [0.2, 0.25) is 5.91 Å². The number of para-hydroxylation sites is 2. The van der Waals surface area contributed by atoms with Crippen LogP contribution in [0.15, 0.2) is 47.6 Å². The summed E-state index contributed by atoms with van der Waals surface area (Å²) >= 11 is 1.22. The standard InChI is InChI=1S/C20H20N4O5S/c1-3-23-16-10-9-13(19(26)29-4-2)11-15(16)22-20(23)30-12-18(25)21-14-7-5-6-8-17(14)24(27)28/h5-11H,3-4,12H2,1-2H3,(H,21,25). The van der Waals surface area contributed by atoms with E-state index in [4.69, 9.17) is 4.74 Å². The van der Waals surface area contributed by atoms with Gasteiger partial charge in [-0.1, -0.05) is 23.9 Å². The molecule has 1 amide bonds. The van der Waals surface area contributed by atoms with E-state index in [1.165, 1.54) is 30.0 Å². The number of hydrogen-bond acceptors (Lipinski definition) is 7. The second-order valence-electron chi connectivity index (χ2n) is 6.17. The number of fused-ring (bicyclic) bond motifs is 1. The number of rotatable bonds is 8. The average Bonchev–Trinajstić information content (AvgIpc) is 3.09. The quantitative estimate of drug-likeness (QED) is 0.250. The van der Waals surface area contributed by atoms with E-state index in [-0.39, 0.29) is 29.6 Å². The molecule has 0 spiro atoms. The first-order valence-corrected chi connectivity index (χ1v) is 10.3.